The fourth-order valence-electron chi connectivity index (χ4n) is 6.74. The Hall–Kier alpha value is -4.77. The predicted molar refractivity (Wildman–Crippen MR) is 175 cm³/mol. The fourth-order valence-corrected chi connectivity index (χ4v) is 6.74. The van der Waals surface area contributed by atoms with E-state index in [-0.39, 0.29) is 18.9 Å². The first-order chi connectivity index (χ1) is 22.1. The molecule has 1 aliphatic heterocycles. The lowest BCUT2D eigenvalue weighted by Gasteiger charge is -2.33. The van der Waals surface area contributed by atoms with Gasteiger partial charge in [-0.3, -0.25) is 9.59 Å². The molecule has 238 valence electrons. The van der Waals surface area contributed by atoms with Gasteiger partial charge in [-0.15, -0.1) is 0 Å². The Morgan fingerprint density at radius 2 is 1.85 bits per heavy atom. The van der Waals surface area contributed by atoms with Gasteiger partial charge in [-0.1, -0.05) is 13.0 Å². The van der Waals surface area contributed by atoms with E-state index < -0.39 is 18.1 Å². The van der Waals surface area contributed by atoms with Gasteiger partial charge in [0.05, 0.1) is 30.6 Å². The third kappa shape index (κ3) is 5.28. The molecule has 7 rings (SSSR count). The molecule has 0 unspecified atom stereocenters. The number of imidazole rings is 1. The molecule has 46 heavy (non-hydrogen) atoms. The van der Waals surface area contributed by atoms with Gasteiger partial charge >= 0.3 is 0 Å². The molecule has 4 N–H and O–H groups in total. The molecule has 1 saturated heterocycles. The molecule has 1 aliphatic carbocycles. The number of rotatable bonds is 8. The van der Waals surface area contributed by atoms with Crippen molar-refractivity contribution in [3.8, 4) is 28.5 Å². The zero-order chi connectivity index (χ0) is 32.3. The van der Waals surface area contributed by atoms with Gasteiger partial charge in [-0.05, 0) is 79.6 Å². The maximum atomic E-state index is 14.3. The van der Waals surface area contributed by atoms with E-state index in [4.69, 9.17) is 26.2 Å². The number of carbonyl (C=O) groups excluding carboxylic acids is 2. The van der Waals surface area contributed by atoms with Crippen molar-refractivity contribution in [2.45, 2.75) is 51.4 Å². The molecule has 2 amide bonds. The molecule has 0 spiro atoms. The lowest BCUT2D eigenvalue weighted by atomic mass is 9.98. The van der Waals surface area contributed by atoms with Crippen LogP contribution in [-0.4, -0.2) is 68.2 Å². The Kier molecular flexibility index (Phi) is 7.51. The van der Waals surface area contributed by atoms with Crippen LogP contribution in [0.15, 0.2) is 48.5 Å². The SMILES string of the molecule is CCc1cc(C(N)=O)ccc1-c1ccc2cc(-c3nc4cc(C(=O)N5C[C@H](N)C[C@@H](F)C5)cc(OC)c4n3C)n(CC3CC3)c2n1. The largest absolute Gasteiger partial charge is 0.494 e. The molecule has 0 radical (unpaired) electrons. The average Bonchev–Trinajstić information content (AvgIpc) is 3.72. The highest BCUT2D eigenvalue weighted by Gasteiger charge is 2.31. The summed E-state index contributed by atoms with van der Waals surface area (Å²) in [5.74, 6) is 1.05. The number of hydrogen-bond acceptors (Lipinski definition) is 6. The summed E-state index contributed by atoms with van der Waals surface area (Å²) in [6, 6.07) is 14.8. The number of fused-ring (bicyclic) bond motifs is 2. The van der Waals surface area contributed by atoms with Crippen molar-refractivity contribution in [3.05, 3.63) is 65.2 Å². The number of likely N-dealkylation sites (tertiary alicyclic amines) is 1. The molecule has 2 aromatic carbocycles. The zero-order valence-corrected chi connectivity index (χ0v) is 26.3. The first kappa shape index (κ1) is 29.9. The van der Waals surface area contributed by atoms with E-state index >= 15 is 0 Å². The summed E-state index contributed by atoms with van der Waals surface area (Å²) in [7, 11) is 3.51. The number of pyridine rings is 1. The van der Waals surface area contributed by atoms with Gasteiger partial charge < -0.3 is 30.2 Å². The number of methoxy groups -OCH3 is 1. The van der Waals surface area contributed by atoms with Gasteiger partial charge in [-0.25, -0.2) is 14.4 Å². The lowest BCUT2D eigenvalue weighted by Crippen LogP contribution is -2.50. The van der Waals surface area contributed by atoms with Crippen LogP contribution in [0, 0.1) is 5.92 Å². The van der Waals surface area contributed by atoms with Crippen molar-refractivity contribution in [3.63, 3.8) is 0 Å². The molecule has 2 aliphatic rings. The first-order valence-corrected chi connectivity index (χ1v) is 15.8. The quantitative estimate of drug-likeness (QED) is 0.254. The number of aryl methyl sites for hydroxylation is 2. The normalized spacial score (nSPS) is 18.4. The Morgan fingerprint density at radius 3 is 2.54 bits per heavy atom. The number of primary amides is 1. The second-order valence-corrected chi connectivity index (χ2v) is 12.6. The monoisotopic (exact) mass is 623 g/mol. The van der Waals surface area contributed by atoms with Crippen LogP contribution in [0.4, 0.5) is 4.39 Å². The Bertz CT molecular complexity index is 2000. The van der Waals surface area contributed by atoms with Gasteiger partial charge in [-0.2, -0.15) is 0 Å². The minimum absolute atomic E-state index is 0.0195. The van der Waals surface area contributed by atoms with Gasteiger partial charge in [0.1, 0.15) is 23.1 Å². The number of nitrogens with zero attached hydrogens (tertiary/aromatic N) is 5. The van der Waals surface area contributed by atoms with Crippen LogP contribution >= 0.6 is 0 Å². The van der Waals surface area contributed by atoms with Crippen LogP contribution in [0.25, 0.3) is 44.8 Å². The van der Waals surface area contributed by atoms with E-state index in [1.807, 2.05) is 36.7 Å². The summed E-state index contributed by atoms with van der Waals surface area (Å²) >= 11 is 0. The highest BCUT2D eigenvalue weighted by atomic mass is 19.1. The molecule has 0 bridgehead atoms. The summed E-state index contributed by atoms with van der Waals surface area (Å²) in [4.78, 5) is 37.0. The fraction of sp³-hybridized carbons (Fsp3) is 0.371. The lowest BCUT2D eigenvalue weighted by molar-refractivity contribution is 0.0606. The number of benzene rings is 2. The van der Waals surface area contributed by atoms with Crippen LogP contribution in [0.5, 0.6) is 5.75 Å². The number of carbonyl (C=O) groups is 2. The van der Waals surface area contributed by atoms with E-state index in [1.54, 1.807) is 25.3 Å². The molecule has 11 heteroatoms. The predicted octanol–water partition coefficient (Wildman–Crippen LogP) is 4.85. The van der Waals surface area contributed by atoms with Crippen molar-refractivity contribution < 1.29 is 18.7 Å². The average molecular weight is 624 g/mol. The van der Waals surface area contributed by atoms with Crippen molar-refractivity contribution in [2.24, 2.45) is 24.4 Å². The molecule has 1 saturated carbocycles. The summed E-state index contributed by atoms with van der Waals surface area (Å²) in [6.45, 7) is 3.18. The molecular formula is C35H38FN7O3. The van der Waals surface area contributed by atoms with Gasteiger partial charge in [0.2, 0.25) is 5.91 Å². The van der Waals surface area contributed by atoms with E-state index in [1.165, 1.54) is 4.90 Å². The van der Waals surface area contributed by atoms with Crippen LogP contribution < -0.4 is 16.2 Å². The molecular weight excluding hydrogens is 585 g/mol. The number of ether oxygens (including phenoxy) is 1. The molecule has 2 atom stereocenters. The standard InChI is InChI=1S/C35H38FN7O3/c1-4-20-11-21(32(38)44)7-9-26(20)27-10-8-22-13-29(43(33(22)39-27)16-19-5-6-19)34-40-28-12-23(14-30(46-3)31(28)41(34)2)35(45)42-17-24(36)15-25(37)18-42/h7-14,19,24-25H,4-6,15-18,37H2,1-3H3,(H2,38,44)/t24-,25-/m1/s1. The summed E-state index contributed by atoms with van der Waals surface area (Å²) in [6.07, 6.45) is 2.16. The van der Waals surface area contributed by atoms with Gasteiger partial charge in [0.15, 0.2) is 5.82 Å². The number of halogens is 1. The smallest absolute Gasteiger partial charge is 0.254 e. The van der Waals surface area contributed by atoms with Crippen LogP contribution in [0.1, 0.15) is 52.5 Å². The minimum atomic E-state index is -1.15. The topological polar surface area (TPSA) is 134 Å². The van der Waals surface area contributed by atoms with E-state index in [9.17, 15) is 14.0 Å². The molecule has 4 heterocycles. The van der Waals surface area contributed by atoms with Crippen LogP contribution in [-0.2, 0) is 20.0 Å². The maximum absolute atomic E-state index is 14.3. The summed E-state index contributed by atoms with van der Waals surface area (Å²) < 4.78 is 24.3. The Labute approximate surface area is 266 Å². The van der Waals surface area contributed by atoms with Crippen molar-refractivity contribution in [1.29, 1.82) is 0 Å². The number of aromatic nitrogens is 4. The van der Waals surface area contributed by atoms with Gasteiger partial charge in [0.25, 0.3) is 5.91 Å². The Morgan fingerprint density at radius 1 is 1.04 bits per heavy atom. The molecule has 10 nitrogen and oxygen atoms in total. The zero-order valence-electron chi connectivity index (χ0n) is 26.3. The van der Waals surface area contributed by atoms with E-state index in [0.29, 0.717) is 34.9 Å². The van der Waals surface area contributed by atoms with Crippen LogP contribution in [0.2, 0.25) is 0 Å². The first-order valence-electron chi connectivity index (χ1n) is 15.8. The number of piperidine rings is 1. The van der Waals surface area contributed by atoms with Crippen molar-refractivity contribution in [1.82, 2.24) is 24.0 Å². The summed E-state index contributed by atoms with van der Waals surface area (Å²) in [5, 5.41) is 0.989. The molecule has 3 aromatic heterocycles. The third-order valence-corrected chi connectivity index (χ3v) is 9.28. The second kappa shape index (κ2) is 11.5. The molecule has 2 fully saturated rings. The Balaban J connectivity index is 1.34. The van der Waals surface area contributed by atoms with E-state index in [0.717, 1.165) is 70.7 Å². The second-order valence-electron chi connectivity index (χ2n) is 12.6. The van der Waals surface area contributed by atoms with Crippen LogP contribution in [0.3, 0.4) is 0 Å². The van der Waals surface area contributed by atoms with Crippen molar-refractivity contribution >= 4 is 33.9 Å². The highest BCUT2D eigenvalue weighted by molar-refractivity contribution is 6.00. The van der Waals surface area contributed by atoms with Crippen molar-refractivity contribution in [2.75, 3.05) is 20.2 Å². The number of amides is 2. The number of alkyl halides is 1. The summed E-state index contributed by atoms with van der Waals surface area (Å²) in [5.41, 5.74) is 18.4. The van der Waals surface area contributed by atoms with Gasteiger partial charge in [0, 0.05) is 48.3 Å². The highest BCUT2D eigenvalue weighted by Crippen LogP contribution is 2.38. The molecule has 5 aromatic rings. The third-order valence-electron chi connectivity index (χ3n) is 9.28. The maximum Gasteiger partial charge on any atom is 0.254 e. The minimum Gasteiger partial charge on any atom is -0.494 e. The number of nitrogens with two attached hydrogens (primary N) is 2. The number of hydrogen-bond donors (Lipinski definition) is 2. The van der Waals surface area contributed by atoms with E-state index in [2.05, 4.69) is 16.7 Å².